The number of nitrogens with zero attached hydrogens (tertiary/aromatic N) is 3. The zero-order valence-corrected chi connectivity index (χ0v) is 32.8. The molecule has 9 nitrogen and oxygen atoms in total. The molecule has 0 unspecified atom stereocenters. The minimum Gasteiger partial charge on any atom is -0.350 e. The summed E-state index contributed by atoms with van der Waals surface area (Å²) in [4.78, 5) is 49.8. The summed E-state index contributed by atoms with van der Waals surface area (Å²) in [6.45, 7) is 13.1. The van der Waals surface area contributed by atoms with Crippen molar-refractivity contribution in [1.82, 2.24) is 20.1 Å². The Morgan fingerprint density at radius 3 is 2.24 bits per heavy atom. The predicted octanol–water partition coefficient (Wildman–Crippen LogP) is 7.66. The van der Waals surface area contributed by atoms with Crippen molar-refractivity contribution < 1.29 is 23.9 Å². The molecule has 1 N–H and O–H groups in total. The van der Waals surface area contributed by atoms with E-state index in [1.54, 1.807) is 23.0 Å². The third-order valence-corrected chi connectivity index (χ3v) is 11.1. The maximum atomic E-state index is 14.3. The van der Waals surface area contributed by atoms with E-state index < -0.39 is 11.7 Å². The molecule has 0 spiro atoms. The van der Waals surface area contributed by atoms with Gasteiger partial charge in [-0.3, -0.25) is 19.4 Å². The van der Waals surface area contributed by atoms with Crippen molar-refractivity contribution in [3.8, 4) is 0 Å². The van der Waals surface area contributed by atoms with Gasteiger partial charge in [0.05, 0.1) is 24.6 Å². The molecule has 2 heterocycles. The first kappa shape index (κ1) is 41.3. The quantitative estimate of drug-likeness (QED) is 0.167. The number of hydrogen-bond donors (Lipinski definition) is 1. The van der Waals surface area contributed by atoms with Gasteiger partial charge in [0, 0.05) is 49.9 Å². The number of pyridine rings is 1. The Bertz CT molecular complexity index is 1260. The molecule has 0 aromatic carbocycles. The molecule has 4 rings (SSSR count). The molecule has 1 aliphatic heterocycles. The van der Waals surface area contributed by atoms with E-state index in [1.807, 2.05) is 32.0 Å². The van der Waals surface area contributed by atoms with E-state index in [4.69, 9.17) is 21.1 Å². The summed E-state index contributed by atoms with van der Waals surface area (Å²) >= 11 is 6.37. The molecule has 0 radical (unpaired) electrons. The predicted molar refractivity (Wildman–Crippen MR) is 203 cm³/mol. The largest absolute Gasteiger partial charge is 0.350 e. The second-order valence-corrected chi connectivity index (χ2v) is 16.9. The molecule has 10 heteroatoms. The van der Waals surface area contributed by atoms with Gasteiger partial charge < -0.3 is 24.6 Å². The summed E-state index contributed by atoms with van der Waals surface area (Å²) in [5, 5.41) is 3.70. The average Bonchev–Trinajstić information content (AvgIpc) is 3.40. The number of amides is 3. The molecule has 2 saturated carbocycles. The fourth-order valence-electron chi connectivity index (χ4n) is 8.25. The summed E-state index contributed by atoms with van der Waals surface area (Å²) in [7, 11) is 1.78. The smallest absolute Gasteiger partial charge is 0.241 e. The van der Waals surface area contributed by atoms with E-state index in [1.165, 1.54) is 25.7 Å². The van der Waals surface area contributed by atoms with Crippen LogP contribution in [0.4, 0.5) is 0 Å². The molecule has 0 bridgehead atoms. The highest BCUT2D eigenvalue weighted by Crippen LogP contribution is 2.37. The van der Waals surface area contributed by atoms with Crippen molar-refractivity contribution in [2.45, 2.75) is 148 Å². The maximum absolute atomic E-state index is 14.3. The van der Waals surface area contributed by atoms with E-state index in [9.17, 15) is 14.4 Å². The van der Waals surface area contributed by atoms with Gasteiger partial charge in [0.1, 0.15) is 6.10 Å². The molecule has 3 aliphatic rings. The highest BCUT2D eigenvalue weighted by Gasteiger charge is 2.46. The fourth-order valence-corrected chi connectivity index (χ4v) is 8.43. The highest BCUT2D eigenvalue weighted by molar-refractivity contribution is 6.29. The lowest BCUT2D eigenvalue weighted by Crippen LogP contribution is -2.51. The fraction of sp³-hybridized carbons (Fsp3) is 0.756. The third kappa shape index (κ3) is 13.8. The summed E-state index contributed by atoms with van der Waals surface area (Å²) in [5.41, 5.74) is 0.915. The van der Waals surface area contributed by atoms with Crippen molar-refractivity contribution in [3.63, 3.8) is 0 Å². The van der Waals surface area contributed by atoms with Gasteiger partial charge in [0.15, 0.2) is 5.79 Å². The van der Waals surface area contributed by atoms with Crippen molar-refractivity contribution in [2.24, 2.45) is 23.7 Å². The molecule has 3 fully saturated rings. The molecule has 1 aromatic rings. The van der Waals surface area contributed by atoms with Gasteiger partial charge in [-0.15, -0.1) is 0 Å². The van der Waals surface area contributed by atoms with E-state index in [-0.39, 0.29) is 55.4 Å². The number of hydrogen-bond acceptors (Lipinski definition) is 6. The van der Waals surface area contributed by atoms with Crippen LogP contribution >= 0.6 is 11.6 Å². The normalized spacial score (nSPS) is 22.3. The number of nitrogens with one attached hydrogen (secondary N) is 1. The van der Waals surface area contributed by atoms with Gasteiger partial charge in [-0.2, -0.15) is 0 Å². The Hall–Kier alpha value is -2.49. The van der Waals surface area contributed by atoms with Crippen LogP contribution in [-0.2, 0) is 30.3 Å². The number of ether oxygens (including phenoxy) is 2. The van der Waals surface area contributed by atoms with Crippen LogP contribution in [0.15, 0.2) is 36.0 Å². The van der Waals surface area contributed by atoms with E-state index in [2.05, 4.69) is 30.7 Å². The minimum absolute atomic E-state index is 0.0201. The second kappa shape index (κ2) is 20.1. The maximum Gasteiger partial charge on any atom is 0.241 e. The summed E-state index contributed by atoms with van der Waals surface area (Å²) < 4.78 is 13.0. The zero-order valence-electron chi connectivity index (χ0n) is 32.0. The molecular formula is C41H65ClN4O5. The summed E-state index contributed by atoms with van der Waals surface area (Å²) in [6.07, 6.45) is 15.2. The van der Waals surface area contributed by atoms with Crippen molar-refractivity contribution >= 4 is 29.3 Å². The summed E-state index contributed by atoms with van der Waals surface area (Å²) in [5.74, 6) is -0.791. The molecule has 4 atom stereocenters. The number of halogens is 1. The van der Waals surface area contributed by atoms with Crippen LogP contribution < -0.4 is 5.32 Å². The molecule has 1 aromatic heterocycles. The van der Waals surface area contributed by atoms with Crippen molar-refractivity contribution in [1.29, 1.82) is 0 Å². The lowest BCUT2D eigenvalue weighted by molar-refractivity contribution is -0.151. The third-order valence-electron chi connectivity index (χ3n) is 11.0. The van der Waals surface area contributed by atoms with Gasteiger partial charge in [-0.1, -0.05) is 89.5 Å². The first-order valence-electron chi connectivity index (χ1n) is 19.7. The van der Waals surface area contributed by atoms with Crippen molar-refractivity contribution in [2.75, 3.05) is 26.7 Å². The van der Waals surface area contributed by atoms with E-state index in [0.29, 0.717) is 42.3 Å². The standard InChI is InChI=1S/C41H65ClN4O5/c1-29(2)23-36-39(51-41(4,5)50-36)35(25-31-15-9-7-10-16-31)44-40(49)33(24-30(3)42)26-37(47)46(27-32-17-11-8-12-18-32)28-38(48)45(6)22-20-34-19-13-14-21-43-34/h13-14,19,21,29,31-33,35-36,39H,3,7-12,15-18,20,22-28H2,1-2,4-6H3,(H,44,49)/t33-,35+,36+,39-/m1/s1. The number of carbonyl (C=O) groups is 3. The van der Waals surface area contributed by atoms with Crippen LogP contribution in [0.25, 0.3) is 0 Å². The molecular weight excluding hydrogens is 664 g/mol. The van der Waals surface area contributed by atoms with Gasteiger partial charge in [-0.05, 0) is 75.8 Å². The molecule has 1 saturated heterocycles. The van der Waals surface area contributed by atoms with Crippen LogP contribution in [0.3, 0.4) is 0 Å². The molecule has 2 aliphatic carbocycles. The minimum atomic E-state index is -0.753. The lowest BCUT2D eigenvalue weighted by atomic mass is 9.82. The van der Waals surface area contributed by atoms with E-state index in [0.717, 1.165) is 57.1 Å². The molecule has 3 amide bonds. The number of carbonyl (C=O) groups excluding carboxylic acids is 3. The van der Waals surface area contributed by atoms with E-state index >= 15 is 0 Å². The first-order valence-corrected chi connectivity index (χ1v) is 20.1. The number of aromatic nitrogens is 1. The van der Waals surface area contributed by atoms with Crippen LogP contribution in [0, 0.1) is 23.7 Å². The van der Waals surface area contributed by atoms with Crippen molar-refractivity contribution in [3.05, 3.63) is 41.7 Å². The Morgan fingerprint density at radius 1 is 0.961 bits per heavy atom. The Labute approximate surface area is 312 Å². The molecule has 51 heavy (non-hydrogen) atoms. The zero-order chi connectivity index (χ0) is 37.0. The Balaban J connectivity index is 1.50. The number of rotatable bonds is 18. The van der Waals surface area contributed by atoms with Crippen LogP contribution in [0.1, 0.15) is 123 Å². The number of allylic oxidation sites excluding steroid dienone is 1. The van der Waals surface area contributed by atoms with Crippen LogP contribution in [0.5, 0.6) is 0 Å². The highest BCUT2D eigenvalue weighted by atomic mass is 35.5. The summed E-state index contributed by atoms with van der Waals surface area (Å²) in [6, 6.07) is 5.50. The Kier molecular flexibility index (Phi) is 16.3. The molecule has 286 valence electrons. The second-order valence-electron chi connectivity index (χ2n) is 16.4. The topological polar surface area (TPSA) is 101 Å². The SMILES string of the molecule is C=C(Cl)C[C@H](CC(=O)N(CC(=O)N(C)CCc1ccccn1)CC1CCCCC1)C(=O)N[C@@H](CC1CCCCC1)[C@H]1OC(C)(C)O[C@H]1CC(C)C. The Morgan fingerprint density at radius 2 is 1.63 bits per heavy atom. The van der Waals surface area contributed by atoms with Gasteiger partial charge in [-0.25, -0.2) is 0 Å². The monoisotopic (exact) mass is 728 g/mol. The lowest BCUT2D eigenvalue weighted by Gasteiger charge is -2.34. The first-order chi connectivity index (χ1) is 24.3. The van der Waals surface area contributed by atoms with Gasteiger partial charge >= 0.3 is 0 Å². The average molecular weight is 729 g/mol. The van der Waals surface area contributed by atoms with Gasteiger partial charge in [0.2, 0.25) is 17.7 Å². The number of likely N-dealkylation sites (N-methyl/N-ethyl adjacent to an activating group) is 1. The van der Waals surface area contributed by atoms with Crippen LogP contribution in [-0.4, -0.2) is 83.2 Å². The van der Waals surface area contributed by atoms with Gasteiger partial charge in [0.25, 0.3) is 0 Å². The van der Waals surface area contributed by atoms with Crippen LogP contribution in [0.2, 0.25) is 0 Å².